The Labute approximate surface area is 153 Å². The van der Waals surface area contributed by atoms with Gasteiger partial charge in [-0.05, 0) is 19.1 Å². The van der Waals surface area contributed by atoms with E-state index in [-0.39, 0.29) is 24.1 Å². The lowest BCUT2D eigenvalue weighted by Crippen LogP contribution is -2.49. The minimum Gasteiger partial charge on any atom is -0.379 e. The van der Waals surface area contributed by atoms with E-state index in [2.05, 4.69) is 4.90 Å². The molecule has 0 bridgehead atoms. The molecule has 2 aliphatic heterocycles. The maximum atomic E-state index is 12.9. The molecule has 140 valence electrons. The first-order chi connectivity index (χ1) is 12.5. The van der Waals surface area contributed by atoms with Crippen LogP contribution in [0.5, 0.6) is 0 Å². The smallest absolute Gasteiger partial charge is 0.257 e. The standard InChI is InChI=1S/C19H25N3O4/c1-14-3-5-16(6-4-14)22-18(24)13-17(19(22)25)21(15(2)23)8-7-20-9-11-26-12-10-20/h3-6,17H,7-13H2,1-2H3. The maximum absolute atomic E-state index is 12.9. The lowest BCUT2D eigenvalue weighted by Gasteiger charge is -2.31. The molecule has 0 N–H and O–H groups in total. The molecule has 0 spiro atoms. The summed E-state index contributed by atoms with van der Waals surface area (Å²) in [5.41, 5.74) is 1.62. The van der Waals surface area contributed by atoms with Crippen molar-refractivity contribution in [2.24, 2.45) is 0 Å². The van der Waals surface area contributed by atoms with Gasteiger partial charge in [-0.25, -0.2) is 4.90 Å². The molecule has 1 aromatic rings. The van der Waals surface area contributed by atoms with Gasteiger partial charge in [0.15, 0.2) is 0 Å². The SMILES string of the molecule is CC(=O)N(CCN1CCOCC1)C1CC(=O)N(c2ccc(C)cc2)C1=O. The number of hydrogen-bond acceptors (Lipinski definition) is 5. The highest BCUT2D eigenvalue weighted by atomic mass is 16.5. The Morgan fingerprint density at radius 3 is 2.46 bits per heavy atom. The van der Waals surface area contributed by atoms with Gasteiger partial charge in [-0.15, -0.1) is 0 Å². The molecule has 7 nitrogen and oxygen atoms in total. The van der Waals surface area contributed by atoms with Crippen molar-refractivity contribution in [1.29, 1.82) is 0 Å². The Hall–Kier alpha value is -2.25. The average Bonchev–Trinajstić information content (AvgIpc) is 2.91. The molecule has 3 amide bonds. The van der Waals surface area contributed by atoms with Crippen molar-refractivity contribution in [2.75, 3.05) is 44.3 Å². The van der Waals surface area contributed by atoms with Gasteiger partial charge in [-0.3, -0.25) is 19.3 Å². The minimum absolute atomic E-state index is 0.0371. The fourth-order valence-corrected chi connectivity index (χ4v) is 3.43. The molecule has 2 fully saturated rings. The van der Waals surface area contributed by atoms with Gasteiger partial charge in [0.1, 0.15) is 6.04 Å². The Morgan fingerprint density at radius 1 is 1.19 bits per heavy atom. The Kier molecular flexibility index (Phi) is 5.68. The minimum atomic E-state index is -0.720. The Balaban J connectivity index is 1.71. The number of nitrogens with zero attached hydrogens (tertiary/aromatic N) is 3. The number of carbonyl (C=O) groups is 3. The van der Waals surface area contributed by atoms with Gasteiger partial charge in [-0.2, -0.15) is 0 Å². The number of rotatable bonds is 5. The molecule has 0 radical (unpaired) electrons. The van der Waals surface area contributed by atoms with E-state index < -0.39 is 6.04 Å². The van der Waals surface area contributed by atoms with E-state index in [1.807, 2.05) is 19.1 Å². The van der Waals surface area contributed by atoms with Gasteiger partial charge in [0.2, 0.25) is 11.8 Å². The van der Waals surface area contributed by atoms with E-state index in [9.17, 15) is 14.4 Å². The molecule has 1 unspecified atom stereocenters. The highest BCUT2D eigenvalue weighted by Crippen LogP contribution is 2.26. The van der Waals surface area contributed by atoms with E-state index in [4.69, 9.17) is 4.74 Å². The van der Waals surface area contributed by atoms with E-state index in [0.717, 1.165) is 18.7 Å². The van der Waals surface area contributed by atoms with Crippen molar-refractivity contribution >= 4 is 23.4 Å². The molecule has 3 rings (SSSR count). The Morgan fingerprint density at radius 2 is 1.85 bits per heavy atom. The molecule has 2 heterocycles. The van der Waals surface area contributed by atoms with Crippen LogP contribution in [-0.4, -0.2) is 73.0 Å². The second kappa shape index (κ2) is 7.97. The van der Waals surface area contributed by atoms with Crippen molar-refractivity contribution < 1.29 is 19.1 Å². The first-order valence-electron chi connectivity index (χ1n) is 8.98. The number of carbonyl (C=O) groups excluding carboxylic acids is 3. The predicted molar refractivity (Wildman–Crippen MR) is 96.7 cm³/mol. The number of morpholine rings is 1. The fraction of sp³-hybridized carbons (Fsp3) is 0.526. The highest BCUT2D eigenvalue weighted by Gasteiger charge is 2.43. The number of hydrogen-bond donors (Lipinski definition) is 0. The van der Waals surface area contributed by atoms with E-state index in [1.54, 1.807) is 12.1 Å². The largest absolute Gasteiger partial charge is 0.379 e. The zero-order valence-corrected chi connectivity index (χ0v) is 15.3. The Bertz CT molecular complexity index is 683. The number of benzene rings is 1. The summed E-state index contributed by atoms with van der Waals surface area (Å²) in [6, 6.07) is 6.54. The third kappa shape index (κ3) is 3.94. The van der Waals surface area contributed by atoms with Crippen LogP contribution in [0.4, 0.5) is 5.69 Å². The molecule has 7 heteroatoms. The average molecular weight is 359 g/mol. The first-order valence-corrected chi connectivity index (χ1v) is 8.98. The van der Waals surface area contributed by atoms with Crippen LogP contribution in [-0.2, 0) is 19.1 Å². The third-order valence-corrected chi connectivity index (χ3v) is 4.96. The van der Waals surface area contributed by atoms with Gasteiger partial charge >= 0.3 is 0 Å². The quantitative estimate of drug-likeness (QED) is 0.728. The van der Waals surface area contributed by atoms with E-state index >= 15 is 0 Å². The zero-order valence-electron chi connectivity index (χ0n) is 15.3. The summed E-state index contributed by atoms with van der Waals surface area (Å²) in [4.78, 5) is 42.4. The van der Waals surface area contributed by atoms with Crippen molar-refractivity contribution in [3.8, 4) is 0 Å². The predicted octanol–water partition coefficient (Wildman–Crippen LogP) is 0.808. The summed E-state index contributed by atoms with van der Waals surface area (Å²) in [5.74, 6) is -0.771. The summed E-state index contributed by atoms with van der Waals surface area (Å²) in [5, 5.41) is 0. The normalized spacial score (nSPS) is 21.3. The van der Waals surface area contributed by atoms with Crippen molar-refractivity contribution in [2.45, 2.75) is 26.3 Å². The molecule has 0 aliphatic carbocycles. The molecular formula is C19H25N3O4. The van der Waals surface area contributed by atoms with Gasteiger partial charge in [-0.1, -0.05) is 17.7 Å². The monoisotopic (exact) mass is 359 g/mol. The fourth-order valence-electron chi connectivity index (χ4n) is 3.43. The van der Waals surface area contributed by atoms with Crippen LogP contribution in [0.1, 0.15) is 18.9 Å². The van der Waals surface area contributed by atoms with E-state index in [1.165, 1.54) is 16.7 Å². The van der Waals surface area contributed by atoms with Gasteiger partial charge in [0, 0.05) is 33.1 Å². The molecule has 26 heavy (non-hydrogen) atoms. The van der Waals surface area contributed by atoms with Crippen molar-refractivity contribution in [1.82, 2.24) is 9.80 Å². The number of anilines is 1. The van der Waals surface area contributed by atoms with Gasteiger partial charge in [0.05, 0.1) is 25.3 Å². The number of imide groups is 1. The van der Waals surface area contributed by atoms with Gasteiger partial charge < -0.3 is 9.64 Å². The van der Waals surface area contributed by atoms with Crippen LogP contribution < -0.4 is 4.90 Å². The molecule has 1 atom stereocenters. The zero-order chi connectivity index (χ0) is 18.7. The second-order valence-corrected chi connectivity index (χ2v) is 6.79. The molecule has 0 aromatic heterocycles. The molecule has 2 aliphatic rings. The number of ether oxygens (including phenoxy) is 1. The first kappa shape index (κ1) is 18.5. The van der Waals surface area contributed by atoms with Crippen molar-refractivity contribution in [3.05, 3.63) is 29.8 Å². The molecule has 0 saturated carbocycles. The lowest BCUT2D eigenvalue weighted by molar-refractivity contribution is -0.136. The van der Waals surface area contributed by atoms with Crippen LogP contribution in [0, 0.1) is 6.92 Å². The topological polar surface area (TPSA) is 70.2 Å². The van der Waals surface area contributed by atoms with Crippen LogP contribution in [0.2, 0.25) is 0 Å². The van der Waals surface area contributed by atoms with Crippen molar-refractivity contribution in [3.63, 3.8) is 0 Å². The van der Waals surface area contributed by atoms with Crippen LogP contribution in [0.25, 0.3) is 0 Å². The summed E-state index contributed by atoms with van der Waals surface area (Å²) < 4.78 is 5.33. The summed E-state index contributed by atoms with van der Waals surface area (Å²) in [6.07, 6.45) is 0.0371. The summed E-state index contributed by atoms with van der Waals surface area (Å²) in [7, 11) is 0. The number of amides is 3. The maximum Gasteiger partial charge on any atom is 0.257 e. The second-order valence-electron chi connectivity index (χ2n) is 6.79. The van der Waals surface area contributed by atoms with Gasteiger partial charge in [0.25, 0.3) is 5.91 Å². The van der Waals surface area contributed by atoms with Crippen LogP contribution >= 0.6 is 0 Å². The molecular weight excluding hydrogens is 334 g/mol. The third-order valence-electron chi connectivity index (χ3n) is 4.96. The van der Waals surface area contributed by atoms with E-state index in [0.29, 0.717) is 32.0 Å². The number of aryl methyl sites for hydroxylation is 1. The highest BCUT2D eigenvalue weighted by molar-refractivity contribution is 6.22. The van der Waals surface area contributed by atoms with Crippen LogP contribution in [0.15, 0.2) is 24.3 Å². The van der Waals surface area contributed by atoms with Crippen LogP contribution in [0.3, 0.4) is 0 Å². The summed E-state index contributed by atoms with van der Waals surface area (Å²) in [6.45, 7) is 7.50. The lowest BCUT2D eigenvalue weighted by atomic mass is 10.2. The summed E-state index contributed by atoms with van der Waals surface area (Å²) >= 11 is 0. The molecule has 2 saturated heterocycles. The molecule has 1 aromatic carbocycles.